The summed E-state index contributed by atoms with van der Waals surface area (Å²) in [4.78, 5) is 38.1. The molecule has 0 fully saturated rings. The molecular formula is C21H22N4O5S. The number of rotatable bonds is 7. The van der Waals surface area contributed by atoms with Crippen LogP contribution in [-0.2, 0) is 38.4 Å². The van der Waals surface area contributed by atoms with Crippen LogP contribution in [0.3, 0.4) is 0 Å². The highest BCUT2D eigenvalue weighted by molar-refractivity contribution is 7.17. The largest absolute Gasteiger partial charge is 0.462 e. The Morgan fingerprint density at radius 1 is 1.16 bits per heavy atom. The van der Waals surface area contributed by atoms with Gasteiger partial charge in [0.2, 0.25) is 0 Å². The monoisotopic (exact) mass is 442 g/mol. The van der Waals surface area contributed by atoms with Gasteiger partial charge in [-0.1, -0.05) is 17.3 Å². The minimum Gasteiger partial charge on any atom is -0.462 e. The number of carbonyl (C=O) groups excluding carboxylic acids is 3. The summed E-state index contributed by atoms with van der Waals surface area (Å²) in [6.45, 7) is 1.38. The fraction of sp³-hybridized carbons (Fsp3) is 0.381. The van der Waals surface area contributed by atoms with Crippen molar-refractivity contribution in [3.63, 3.8) is 0 Å². The molecule has 1 aliphatic rings. The molecule has 10 heteroatoms. The van der Waals surface area contributed by atoms with E-state index < -0.39 is 24.5 Å². The standard InChI is InChI=1S/C21H22N4O5S/c1-2-29-21(28)19-13-7-3-6-10-16(13)31-20(19)22-17(26)12-30-18(27)11-25-15-9-5-4-8-14(15)23-24-25/h4-5,8-9H,2-3,6-7,10-12H2,1H3,(H,22,26). The predicted octanol–water partition coefficient (Wildman–Crippen LogP) is 2.73. The molecule has 1 aromatic carbocycles. The van der Waals surface area contributed by atoms with Gasteiger partial charge in [0.1, 0.15) is 17.1 Å². The average Bonchev–Trinajstić information content (AvgIpc) is 3.33. The second-order valence-electron chi connectivity index (χ2n) is 7.08. The zero-order valence-corrected chi connectivity index (χ0v) is 17.9. The Labute approximate surface area is 182 Å². The number of hydrogen-bond acceptors (Lipinski definition) is 8. The molecule has 31 heavy (non-hydrogen) atoms. The lowest BCUT2D eigenvalue weighted by Gasteiger charge is -2.12. The predicted molar refractivity (Wildman–Crippen MR) is 114 cm³/mol. The van der Waals surface area contributed by atoms with Gasteiger partial charge < -0.3 is 14.8 Å². The molecule has 4 rings (SSSR count). The second-order valence-corrected chi connectivity index (χ2v) is 8.19. The van der Waals surface area contributed by atoms with E-state index in [-0.39, 0.29) is 13.2 Å². The molecule has 1 aliphatic carbocycles. The fourth-order valence-electron chi connectivity index (χ4n) is 3.58. The second kappa shape index (κ2) is 9.25. The fourth-order valence-corrected chi connectivity index (χ4v) is 4.88. The van der Waals surface area contributed by atoms with Crippen molar-refractivity contribution in [3.05, 3.63) is 40.3 Å². The van der Waals surface area contributed by atoms with Crippen molar-refractivity contribution in [1.29, 1.82) is 0 Å². The minimum absolute atomic E-state index is 0.158. The number of para-hydroxylation sites is 1. The zero-order valence-electron chi connectivity index (χ0n) is 17.1. The van der Waals surface area contributed by atoms with Crippen molar-refractivity contribution in [2.45, 2.75) is 39.2 Å². The van der Waals surface area contributed by atoms with Crippen molar-refractivity contribution >= 4 is 45.2 Å². The number of esters is 2. The topological polar surface area (TPSA) is 112 Å². The first kappa shape index (κ1) is 21.0. The maximum Gasteiger partial charge on any atom is 0.341 e. The summed E-state index contributed by atoms with van der Waals surface area (Å²) < 4.78 is 11.7. The van der Waals surface area contributed by atoms with Crippen LogP contribution in [0.4, 0.5) is 5.00 Å². The molecule has 162 valence electrons. The van der Waals surface area contributed by atoms with Gasteiger partial charge in [-0.3, -0.25) is 9.59 Å². The van der Waals surface area contributed by atoms with E-state index in [0.29, 0.717) is 21.6 Å². The summed E-state index contributed by atoms with van der Waals surface area (Å²) >= 11 is 1.39. The lowest BCUT2D eigenvalue weighted by Crippen LogP contribution is -2.24. The molecule has 0 saturated heterocycles. The highest BCUT2D eigenvalue weighted by Gasteiger charge is 2.27. The number of fused-ring (bicyclic) bond motifs is 2. The molecule has 0 aliphatic heterocycles. The Bertz CT molecular complexity index is 1140. The lowest BCUT2D eigenvalue weighted by atomic mass is 9.95. The summed E-state index contributed by atoms with van der Waals surface area (Å²) in [7, 11) is 0. The number of hydrogen-bond donors (Lipinski definition) is 1. The normalized spacial score (nSPS) is 12.9. The number of aryl methyl sites for hydroxylation is 1. The maximum atomic E-state index is 12.5. The molecule has 3 aromatic rings. The smallest absolute Gasteiger partial charge is 0.341 e. The van der Waals surface area contributed by atoms with E-state index >= 15 is 0 Å². The summed E-state index contributed by atoms with van der Waals surface area (Å²) in [5.74, 6) is -1.56. The number of anilines is 1. The molecule has 0 bridgehead atoms. The molecule has 0 unspecified atom stereocenters. The Hall–Kier alpha value is -3.27. The van der Waals surface area contributed by atoms with Crippen molar-refractivity contribution in [3.8, 4) is 0 Å². The Kier molecular flexibility index (Phi) is 6.26. The van der Waals surface area contributed by atoms with E-state index in [4.69, 9.17) is 9.47 Å². The number of aromatic nitrogens is 3. The SMILES string of the molecule is CCOC(=O)c1c(NC(=O)COC(=O)Cn2nnc3ccccc32)sc2c1CCCC2. The van der Waals surface area contributed by atoms with E-state index in [9.17, 15) is 14.4 Å². The Morgan fingerprint density at radius 3 is 2.81 bits per heavy atom. The number of nitrogens with zero attached hydrogens (tertiary/aromatic N) is 3. The van der Waals surface area contributed by atoms with Gasteiger partial charge in [-0.25, -0.2) is 9.48 Å². The van der Waals surface area contributed by atoms with E-state index in [1.54, 1.807) is 19.1 Å². The third-order valence-corrected chi connectivity index (χ3v) is 6.17. The quantitative estimate of drug-likeness (QED) is 0.560. The van der Waals surface area contributed by atoms with Gasteiger partial charge in [-0.2, -0.15) is 0 Å². The van der Waals surface area contributed by atoms with Crippen molar-refractivity contribution in [1.82, 2.24) is 15.0 Å². The van der Waals surface area contributed by atoms with E-state index in [1.165, 1.54) is 16.0 Å². The molecule has 2 heterocycles. The van der Waals surface area contributed by atoms with Gasteiger partial charge in [0.15, 0.2) is 6.61 Å². The number of nitrogens with one attached hydrogen (secondary N) is 1. The Morgan fingerprint density at radius 2 is 1.97 bits per heavy atom. The first-order valence-corrected chi connectivity index (χ1v) is 10.9. The van der Waals surface area contributed by atoms with Crippen molar-refractivity contribution in [2.24, 2.45) is 0 Å². The van der Waals surface area contributed by atoms with Gasteiger partial charge >= 0.3 is 11.9 Å². The summed E-state index contributed by atoms with van der Waals surface area (Å²) in [5.41, 5.74) is 2.75. The van der Waals surface area contributed by atoms with Crippen LogP contribution in [0.15, 0.2) is 24.3 Å². The molecule has 9 nitrogen and oxygen atoms in total. The van der Waals surface area contributed by atoms with Gasteiger partial charge in [0, 0.05) is 4.88 Å². The molecule has 0 radical (unpaired) electrons. The lowest BCUT2D eigenvalue weighted by molar-refractivity contribution is -0.148. The Balaban J connectivity index is 1.39. The van der Waals surface area contributed by atoms with Crippen LogP contribution < -0.4 is 5.32 Å². The van der Waals surface area contributed by atoms with Crippen LogP contribution in [0, 0.1) is 0 Å². The van der Waals surface area contributed by atoms with Crippen LogP contribution >= 0.6 is 11.3 Å². The number of benzene rings is 1. The van der Waals surface area contributed by atoms with Gasteiger partial charge in [0.05, 0.1) is 17.7 Å². The molecular weight excluding hydrogens is 420 g/mol. The third-order valence-electron chi connectivity index (χ3n) is 4.97. The highest BCUT2D eigenvalue weighted by atomic mass is 32.1. The van der Waals surface area contributed by atoms with E-state index in [0.717, 1.165) is 36.1 Å². The number of ether oxygens (including phenoxy) is 2. The van der Waals surface area contributed by atoms with Crippen LogP contribution in [0.1, 0.15) is 40.6 Å². The minimum atomic E-state index is -0.609. The number of carbonyl (C=O) groups is 3. The first-order chi connectivity index (χ1) is 15.1. The average molecular weight is 442 g/mol. The van der Waals surface area contributed by atoms with Crippen molar-refractivity contribution < 1.29 is 23.9 Å². The van der Waals surface area contributed by atoms with Crippen LogP contribution in [0.5, 0.6) is 0 Å². The summed E-state index contributed by atoms with van der Waals surface area (Å²) in [6, 6.07) is 7.24. The molecule has 0 atom stereocenters. The third kappa shape index (κ3) is 4.58. The molecule has 0 spiro atoms. The molecule has 0 saturated carbocycles. The number of thiophene rings is 1. The first-order valence-electron chi connectivity index (χ1n) is 10.1. The van der Waals surface area contributed by atoms with E-state index in [2.05, 4.69) is 15.6 Å². The summed E-state index contributed by atoms with van der Waals surface area (Å²) in [6.07, 6.45) is 3.72. The van der Waals surface area contributed by atoms with Gasteiger partial charge in [0.25, 0.3) is 5.91 Å². The van der Waals surface area contributed by atoms with Crippen LogP contribution in [0.2, 0.25) is 0 Å². The van der Waals surface area contributed by atoms with Crippen LogP contribution in [-0.4, -0.2) is 46.1 Å². The van der Waals surface area contributed by atoms with Gasteiger partial charge in [-0.15, -0.1) is 16.4 Å². The zero-order chi connectivity index (χ0) is 21.8. The molecule has 1 amide bonds. The van der Waals surface area contributed by atoms with Crippen molar-refractivity contribution in [2.75, 3.05) is 18.5 Å². The van der Waals surface area contributed by atoms with Crippen LogP contribution in [0.25, 0.3) is 11.0 Å². The highest BCUT2D eigenvalue weighted by Crippen LogP contribution is 2.38. The molecule has 1 N–H and O–H groups in total. The summed E-state index contributed by atoms with van der Waals surface area (Å²) in [5, 5.41) is 11.1. The number of amides is 1. The maximum absolute atomic E-state index is 12.5. The van der Waals surface area contributed by atoms with Gasteiger partial charge in [-0.05, 0) is 50.3 Å². The molecule has 2 aromatic heterocycles. The van der Waals surface area contributed by atoms with E-state index in [1.807, 2.05) is 12.1 Å².